The average molecular weight is 1120 g/mol. The van der Waals surface area contributed by atoms with Gasteiger partial charge >= 0.3 is 41.0 Å². The number of imidazole rings is 1. The molecule has 1 aliphatic carbocycles. The van der Waals surface area contributed by atoms with Gasteiger partial charge in [0.25, 0.3) is 5.70 Å². The summed E-state index contributed by atoms with van der Waals surface area (Å²) in [6.45, 7) is 39.3. The molecule has 0 saturated carbocycles. The number of fused-ring (bicyclic) bond motifs is 2. The van der Waals surface area contributed by atoms with Crippen molar-refractivity contribution in [2.75, 3.05) is 90.9 Å². The summed E-state index contributed by atoms with van der Waals surface area (Å²) in [7, 11) is -17.4. The Bertz CT molecular complexity index is 2210. The predicted molar refractivity (Wildman–Crippen MR) is 271 cm³/mol. The second kappa shape index (κ2) is 32.0. The molecule has 0 radical (unpaired) electrons. The number of nitrogens with zero attached hydrogens (tertiary/aromatic N) is 11. The van der Waals surface area contributed by atoms with Crippen molar-refractivity contribution < 1.29 is 75.4 Å². The Kier molecular flexibility index (Phi) is 29.5. The molecule has 2 aromatic rings. The molecule has 426 valence electrons. The fraction of sp³-hybridized carbons (Fsp3) is 0.775. The van der Waals surface area contributed by atoms with Crippen molar-refractivity contribution in [3.8, 4) is 0 Å². The van der Waals surface area contributed by atoms with Crippen LogP contribution in [0.5, 0.6) is 0 Å². The molecular weight excluding hydrogens is 1050 g/mol. The van der Waals surface area contributed by atoms with Crippen LogP contribution in [0.1, 0.15) is 89.3 Å². The monoisotopic (exact) mass is 1120 g/mol. The van der Waals surface area contributed by atoms with E-state index < -0.39 is 92.6 Å². The van der Waals surface area contributed by atoms with Gasteiger partial charge in [0.1, 0.15) is 30.2 Å². The third kappa shape index (κ3) is 20.3. The maximum Gasteiger partial charge on any atom is 0.490 e. The Balaban J connectivity index is 0.000000793. The number of aromatic nitrogens is 4. The number of allylic oxidation sites excluding steroid dienone is 1. The molecule has 1 spiro atoms. The molecule has 4 unspecified atom stereocenters. The molecule has 2 aliphatic heterocycles. The average Bonchev–Trinajstić information content (AvgIpc) is 4.03. The largest absolute Gasteiger partial charge is 0.490 e. The molecule has 8 atom stereocenters. The molecule has 3 aliphatic rings. The SMILES string of the molecule is CCN(CC)CC.CCN(CC)CC.CCN(CC)CC.CCN(CC)CC.Nc1ncnc2c1ncn2[C@@H]1O[C@H](COP(=O)(O)OP(=O)(O)OP(=O)(O)O)[C@H]2OC3(O[C@H]21)C([N+](=O)[O-])=CC([N+](=O)[O-])=CC3[N+](=O)[O-]. The van der Waals surface area contributed by atoms with Crippen LogP contribution in [0, 0.1) is 30.3 Å². The molecule has 5 rings (SSSR count). The topological polar surface area (TPSA) is 400 Å². The standard InChI is InChI=1S/C16H17N8O19P3.4C6H15N/c17-13-10-14(19-4-18-13)21(5-20-10)15-12-11(7(39-15)3-38-45(34,35)43-46(36,37)42-44(31,32)33)40-16(41-12)8(23(27)28)1-6(22(25)26)2-9(16)24(29)30;4*1-4-7(5-2)6-3/h1-2,4-5,7-8,11-12,15H,3H2,(H,34,35)(H,36,37)(H2,17,18,19)(H2,31,32,33);4*4-6H2,1-3H3/t7-,8?,11-,12-,15-,16?;;;;/m1..../s1. The number of phosphoric acid groups is 3. The first-order valence-electron chi connectivity index (χ1n) is 24.1. The van der Waals surface area contributed by atoms with E-state index in [1.165, 1.54) is 78.5 Å². The third-order valence-electron chi connectivity index (χ3n) is 11.7. The highest BCUT2D eigenvalue weighted by atomic mass is 31.3. The smallest absolute Gasteiger partial charge is 0.382 e. The summed E-state index contributed by atoms with van der Waals surface area (Å²) in [6, 6.07) is -2.42. The van der Waals surface area contributed by atoms with Crippen LogP contribution >= 0.6 is 23.5 Å². The van der Waals surface area contributed by atoms with Crippen LogP contribution in [0.2, 0.25) is 0 Å². The lowest BCUT2D eigenvalue weighted by Gasteiger charge is -2.30. The summed E-state index contributed by atoms with van der Waals surface area (Å²) < 4.78 is 65.4. The van der Waals surface area contributed by atoms with E-state index in [0.29, 0.717) is 12.2 Å². The summed E-state index contributed by atoms with van der Waals surface area (Å²) >= 11 is 0. The predicted octanol–water partition coefficient (Wildman–Crippen LogP) is 4.50. The quantitative estimate of drug-likeness (QED) is 0.0580. The Morgan fingerprint density at radius 2 is 1.12 bits per heavy atom. The Morgan fingerprint density at radius 1 is 0.676 bits per heavy atom. The van der Waals surface area contributed by atoms with E-state index in [2.05, 4.69) is 131 Å². The first-order chi connectivity index (χ1) is 34.6. The minimum atomic E-state index is -5.94. The summed E-state index contributed by atoms with van der Waals surface area (Å²) in [6.07, 6.45) is -3.73. The number of anilines is 1. The van der Waals surface area contributed by atoms with E-state index in [-0.39, 0.29) is 17.0 Å². The summed E-state index contributed by atoms with van der Waals surface area (Å²) in [5.74, 6) is -3.08. The number of hydrogen-bond acceptors (Lipinski definition) is 23. The molecule has 0 aromatic carbocycles. The van der Waals surface area contributed by atoms with E-state index >= 15 is 0 Å². The number of hydrogen-bond donors (Lipinski definition) is 5. The molecule has 34 heteroatoms. The summed E-state index contributed by atoms with van der Waals surface area (Å²) in [5, 5.41) is 35.6. The lowest BCUT2D eigenvalue weighted by Crippen LogP contribution is -2.53. The Morgan fingerprint density at radius 3 is 1.50 bits per heavy atom. The first-order valence-corrected chi connectivity index (χ1v) is 28.6. The zero-order valence-corrected chi connectivity index (χ0v) is 46.8. The normalized spacial score (nSPS) is 22.7. The van der Waals surface area contributed by atoms with Gasteiger partial charge in [0.2, 0.25) is 0 Å². The molecule has 74 heavy (non-hydrogen) atoms. The molecule has 2 saturated heterocycles. The molecule has 4 heterocycles. The van der Waals surface area contributed by atoms with Crippen molar-refractivity contribution in [1.29, 1.82) is 0 Å². The lowest BCUT2D eigenvalue weighted by molar-refractivity contribution is -0.569. The minimum absolute atomic E-state index is 0.0123. The van der Waals surface area contributed by atoms with Crippen LogP contribution in [0.3, 0.4) is 0 Å². The van der Waals surface area contributed by atoms with E-state index in [9.17, 15) is 53.8 Å². The van der Waals surface area contributed by atoms with Gasteiger partial charge in [-0.1, -0.05) is 83.1 Å². The fourth-order valence-corrected chi connectivity index (χ4v) is 10.5. The first kappa shape index (κ1) is 68.2. The fourth-order valence-electron chi connectivity index (χ4n) is 7.44. The molecular formula is C40H77N12O19P3. The van der Waals surface area contributed by atoms with Crippen molar-refractivity contribution in [3.63, 3.8) is 0 Å². The van der Waals surface area contributed by atoms with Crippen LogP contribution in [-0.2, 0) is 41.1 Å². The third-order valence-corrected chi connectivity index (χ3v) is 15.6. The van der Waals surface area contributed by atoms with Crippen molar-refractivity contribution in [2.24, 2.45) is 0 Å². The summed E-state index contributed by atoms with van der Waals surface area (Å²) in [5.41, 5.74) is 3.47. The van der Waals surface area contributed by atoms with Crippen molar-refractivity contribution in [1.82, 2.24) is 39.1 Å². The van der Waals surface area contributed by atoms with Crippen LogP contribution in [-0.4, -0.2) is 189 Å². The van der Waals surface area contributed by atoms with Gasteiger partial charge in [0.05, 0.1) is 34.9 Å². The summed E-state index contributed by atoms with van der Waals surface area (Å²) in [4.78, 5) is 90.1. The van der Waals surface area contributed by atoms with E-state index in [1.54, 1.807) is 0 Å². The Hall–Kier alpha value is -3.84. The number of ether oxygens (including phenoxy) is 3. The van der Waals surface area contributed by atoms with Crippen LogP contribution < -0.4 is 5.73 Å². The van der Waals surface area contributed by atoms with Gasteiger partial charge in [-0.25, -0.2) is 28.6 Å². The second-order valence-electron chi connectivity index (χ2n) is 15.7. The van der Waals surface area contributed by atoms with Gasteiger partial charge in [-0.3, -0.25) is 39.4 Å². The number of nitro groups is 3. The number of nitrogen functional groups attached to an aromatic ring is 1. The highest BCUT2D eigenvalue weighted by molar-refractivity contribution is 7.66. The van der Waals surface area contributed by atoms with Crippen molar-refractivity contribution in [3.05, 3.63) is 66.5 Å². The number of phosphoric ester groups is 1. The molecule has 2 fully saturated rings. The van der Waals surface area contributed by atoms with Gasteiger partial charge in [0, 0.05) is 4.92 Å². The van der Waals surface area contributed by atoms with E-state index in [0.717, 1.165) is 17.2 Å². The van der Waals surface area contributed by atoms with Gasteiger partial charge in [-0.2, -0.15) is 8.62 Å². The number of rotatable bonds is 23. The van der Waals surface area contributed by atoms with Gasteiger partial charge in [-0.05, 0) is 78.5 Å². The second-order valence-corrected chi connectivity index (χ2v) is 20.1. The molecule has 0 amide bonds. The minimum Gasteiger partial charge on any atom is -0.382 e. The number of nitrogens with two attached hydrogens (primary N) is 1. The van der Waals surface area contributed by atoms with Gasteiger partial charge < -0.3 is 59.1 Å². The van der Waals surface area contributed by atoms with Gasteiger partial charge in [-0.15, -0.1) is 0 Å². The van der Waals surface area contributed by atoms with E-state index in [1.807, 2.05) is 0 Å². The van der Waals surface area contributed by atoms with Gasteiger partial charge in [0.15, 0.2) is 17.7 Å². The van der Waals surface area contributed by atoms with Crippen molar-refractivity contribution in [2.45, 2.75) is 119 Å². The maximum atomic E-state index is 12.4. The highest BCUT2D eigenvalue weighted by Gasteiger charge is 2.72. The van der Waals surface area contributed by atoms with Crippen LogP contribution in [0.25, 0.3) is 11.2 Å². The molecule has 31 nitrogen and oxygen atoms in total. The Labute approximate surface area is 430 Å². The lowest BCUT2D eigenvalue weighted by atomic mass is 9.96. The zero-order valence-electron chi connectivity index (χ0n) is 44.1. The zero-order chi connectivity index (χ0) is 56.8. The van der Waals surface area contributed by atoms with E-state index in [4.69, 9.17) is 29.7 Å². The highest BCUT2D eigenvalue weighted by Crippen LogP contribution is 2.66. The van der Waals surface area contributed by atoms with Crippen LogP contribution in [0.4, 0.5) is 5.82 Å². The molecule has 2 aromatic heterocycles. The molecule has 0 bridgehead atoms. The van der Waals surface area contributed by atoms with Crippen molar-refractivity contribution >= 4 is 40.4 Å². The van der Waals surface area contributed by atoms with Crippen LogP contribution in [0.15, 0.2) is 36.2 Å². The maximum absolute atomic E-state index is 12.4. The molecule has 6 N–H and O–H groups in total.